The molecule has 0 aliphatic carbocycles. The lowest BCUT2D eigenvalue weighted by molar-refractivity contribution is 1.36. The van der Waals surface area contributed by atoms with E-state index in [1.807, 2.05) is 13.9 Å². The summed E-state index contributed by atoms with van der Waals surface area (Å²) >= 11 is 0. The van der Waals surface area contributed by atoms with Crippen LogP contribution >= 0.6 is 0 Å². The molecule has 0 atom stereocenters. The first-order valence-corrected chi connectivity index (χ1v) is 2.65. The predicted octanol–water partition coefficient (Wildman–Crippen LogP) is -0.788. The second-order valence-corrected chi connectivity index (χ2v) is 1.80. The van der Waals surface area contributed by atoms with Gasteiger partial charge in [-0.25, -0.2) is 0 Å². The smallest absolute Gasteiger partial charge is 0.163 e. The maximum absolute atomic E-state index is 8.38. The van der Waals surface area contributed by atoms with Gasteiger partial charge in [0.05, 0.1) is 11.6 Å². The van der Waals surface area contributed by atoms with Crippen LogP contribution in [0.15, 0.2) is 18.3 Å². The van der Waals surface area contributed by atoms with Crippen molar-refractivity contribution in [2.75, 3.05) is 0 Å². The average Bonchev–Trinajstić information content (AvgIpc) is 1.88. The van der Waals surface area contributed by atoms with Crippen molar-refractivity contribution in [2.24, 2.45) is 0 Å². The van der Waals surface area contributed by atoms with Gasteiger partial charge in [-0.05, 0) is 17.7 Å². The molecule has 0 saturated heterocycles. The van der Waals surface area contributed by atoms with E-state index in [0.29, 0.717) is 5.56 Å². The predicted molar refractivity (Wildman–Crippen MR) is 37.1 cm³/mol. The molecular formula is C6H5BN2. The number of hydrogen-bond donors (Lipinski definition) is 0. The zero-order valence-electron chi connectivity index (χ0n) is 5.13. The maximum atomic E-state index is 8.38. The zero-order valence-corrected chi connectivity index (χ0v) is 5.13. The molecule has 1 aromatic rings. The monoisotopic (exact) mass is 116 g/mol. The Hall–Kier alpha value is -1.30. The highest BCUT2D eigenvalue weighted by atomic mass is 14.6. The van der Waals surface area contributed by atoms with Crippen molar-refractivity contribution >= 4 is 13.4 Å². The molecule has 0 bridgehead atoms. The highest BCUT2D eigenvalue weighted by molar-refractivity contribution is 6.30. The minimum Gasteiger partial charge on any atom is -0.272 e. The average molecular weight is 116 g/mol. The summed E-state index contributed by atoms with van der Waals surface area (Å²) in [6, 6.07) is 5.47. The molecule has 1 aromatic heterocycles. The Morgan fingerprint density at radius 2 is 2.44 bits per heavy atom. The Kier molecular flexibility index (Phi) is 1.50. The van der Waals surface area contributed by atoms with Crippen molar-refractivity contribution in [1.82, 2.24) is 4.98 Å². The molecular weight excluding hydrogens is 111 g/mol. The lowest BCUT2D eigenvalue weighted by atomic mass is 10.0. The molecule has 0 amide bonds. The molecule has 0 saturated carbocycles. The fourth-order valence-electron chi connectivity index (χ4n) is 0.615. The summed E-state index contributed by atoms with van der Waals surface area (Å²) in [5.74, 6) is 0. The van der Waals surface area contributed by atoms with Crippen LogP contribution in [0.1, 0.15) is 5.56 Å². The highest BCUT2D eigenvalue weighted by Gasteiger charge is 1.87. The van der Waals surface area contributed by atoms with Crippen molar-refractivity contribution in [1.29, 1.82) is 5.26 Å². The molecule has 0 unspecified atom stereocenters. The van der Waals surface area contributed by atoms with E-state index in [1.165, 1.54) is 0 Å². The number of nitrogens with zero attached hydrogens (tertiary/aromatic N) is 2. The standard InChI is InChI=1S/C6H5BN2/c7-6-3-5(4-8)1-2-9-6/h1-3H,7H2. The lowest BCUT2D eigenvalue weighted by Crippen LogP contribution is -2.06. The largest absolute Gasteiger partial charge is 0.272 e. The molecule has 2 nitrogen and oxygen atoms in total. The third kappa shape index (κ3) is 1.30. The van der Waals surface area contributed by atoms with Crippen molar-refractivity contribution < 1.29 is 0 Å². The molecule has 3 heteroatoms. The van der Waals surface area contributed by atoms with Crippen LogP contribution in [-0.4, -0.2) is 12.8 Å². The van der Waals surface area contributed by atoms with Gasteiger partial charge in [0.1, 0.15) is 0 Å². The maximum Gasteiger partial charge on any atom is 0.163 e. The summed E-state index contributed by atoms with van der Waals surface area (Å²) in [4.78, 5) is 3.94. The molecule has 0 radical (unpaired) electrons. The van der Waals surface area contributed by atoms with Gasteiger partial charge in [-0.15, -0.1) is 0 Å². The number of pyridine rings is 1. The molecule has 0 N–H and O–H groups in total. The summed E-state index contributed by atoms with van der Waals surface area (Å²) in [7, 11) is 1.86. The van der Waals surface area contributed by atoms with E-state index in [4.69, 9.17) is 5.26 Å². The van der Waals surface area contributed by atoms with Crippen LogP contribution in [0.3, 0.4) is 0 Å². The van der Waals surface area contributed by atoms with E-state index in [0.717, 1.165) is 5.59 Å². The molecule has 9 heavy (non-hydrogen) atoms. The van der Waals surface area contributed by atoms with Crippen LogP contribution in [0, 0.1) is 11.3 Å². The van der Waals surface area contributed by atoms with E-state index in [2.05, 4.69) is 4.98 Å². The zero-order chi connectivity index (χ0) is 6.69. The van der Waals surface area contributed by atoms with Crippen molar-refractivity contribution in [2.45, 2.75) is 0 Å². The summed E-state index contributed by atoms with van der Waals surface area (Å²) in [6.07, 6.45) is 1.63. The Morgan fingerprint density at radius 1 is 1.67 bits per heavy atom. The minimum atomic E-state index is 0.669. The number of rotatable bonds is 0. The van der Waals surface area contributed by atoms with Crippen LogP contribution in [0.25, 0.3) is 0 Å². The molecule has 1 rings (SSSR count). The van der Waals surface area contributed by atoms with E-state index in [-0.39, 0.29) is 0 Å². The van der Waals surface area contributed by atoms with Crippen molar-refractivity contribution in [3.05, 3.63) is 23.9 Å². The fraction of sp³-hybridized carbons (Fsp3) is 0. The Bertz CT molecular complexity index is 251. The van der Waals surface area contributed by atoms with Gasteiger partial charge in [0, 0.05) is 6.20 Å². The van der Waals surface area contributed by atoms with Gasteiger partial charge in [-0.3, -0.25) is 4.98 Å². The van der Waals surface area contributed by atoms with E-state index >= 15 is 0 Å². The molecule has 42 valence electrons. The van der Waals surface area contributed by atoms with Gasteiger partial charge in [-0.1, -0.05) is 0 Å². The minimum absolute atomic E-state index is 0.669. The third-order valence-corrected chi connectivity index (χ3v) is 1.03. The Labute approximate surface area is 54.6 Å². The Morgan fingerprint density at radius 3 is 2.89 bits per heavy atom. The van der Waals surface area contributed by atoms with Crippen LogP contribution in [0.2, 0.25) is 0 Å². The first kappa shape index (κ1) is 5.83. The SMILES string of the molecule is Bc1cc(C#N)ccn1. The van der Waals surface area contributed by atoms with E-state index in [9.17, 15) is 0 Å². The molecule has 0 aromatic carbocycles. The van der Waals surface area contributed by atoms with E-state index < -0.39 is 0 Å². The second kappa shape index (κ2) is 2.32. The van der Waals surface area contributed by atoms with Crippen molar-refractivity contribution in [3.63, 3.8) is 0 Å². The molecule has 0 fully saturated rings. The van der Waals surface area contributed by atoms with Gasteiger partial charge in [-0.2, -0.15) is 5.26 Å². The molecule has 0 aliphatic rings. The number of aromatic nitrogens is 1. The van der Waals surface area contributed by atoms with Crippen LogP contribution in [0.5, 0.6) is 0 Å². The second-order valence-electron chi connectivity index (χ2n) is 1.80. The van der Waals surface area contributed by atoms with Crippen LogP contribution in [0.4, 0.5) is 0 Å². The van der Waals surface area contributed by atoms with Gasteiger partial charge >= 0.3 is 0 Å². The highest BCUT2D eigenvalue weighted by Crippen LogP contribution is 1.87. The summed E-state index contributed by atoms with van der Waals surface area (Å²) in [5.41, 5.74) is 1.55. The first-order valence-electron chi connectivity index (χ1n) is 2.65. The van der Waals surface area contributed by atoms with Gasteiger partial charge in [0.15, 0.2) is 7.85 Å². The quantitative estimate of drug-likeness (QED) is 0.416. The normalized spacial score (nSPS) is 8.33. The third-order valence-electron chi connectivity index (χ3n) is 1.03. The number of hydrogen-bond acceptors (Lipinski definition) is 2. The summed E-state index contributed by atoms with van der Waals surface area (Å²) < 4.78 is 0. The topological polar surface area (TPSA) is 36.7 Å². The molecule has 1 heterocycles. The number of nitriles is 1. The summed E-state index contributed by atoms with van der Waals surface area (Å²) in [6.45, 7) is 0. The fourth-order valence-corrected chi connectivity index (χ4v) is 0.615. The van der Waals surface area contributed by atoms with E-state index in [1.54, 1.807) is 18.3 Å². The lowest BCUT2D eigenvalue weighted by Gasteiger charge is -1.88. The molecule has 0 aliphatic heterocycles. The van der Waals surface area contributed by atoms with Crippen LogP contribution in [-0.2, 0) is 0 Å². The van der Waals surface area contributed by atoms with Crippen LogP contribution < -0.4 is 5.59 Å². The Balaban J connectivity index is 3.12. The van der Waals surface area contributed by atoms with Crippen molar-refractivity contribution in [3.8, 4) is 6.07 Å². The van der Waals surface area contributed by atoms with Gasteiger partial charge in [0.2, 0.25) is 0 Å². The van der Waals surface area contributed by atoms with Gasteiger partial charge in [0.25, 0.3) is 0 Å². The summed E-state index contributed by atoms with van der Waals surface area (Å²) in [5, 5.41) is 8.38. The molecule has 0 spiro atoms. The van der Waals surface area contributed by atoms with Gasteiger partial charge < -0.3 is 0 Å². The first-order chi connectivity index (χ1) is 4.33.